The summed E-state index contributed by atoms with van der Waals surface area (Å²) in [5.74, 6) is 0. The summed E-state index contributed by atoms with van der Waals surface area (Å²) in [5.41, 5.74) is 1.70. The van der Waals surface area contributed by atoms with Crippen LogP contribution in [0.4, 0.5) is 5.69 Å². The van der Waals surface area contributed by atoms with Crippen molar-refractivity contribution in [3.05, 3.63) is 46.2 Å². The molecule has 0 bridgehead atoms. The lowest BCUT2D eigenvalue weighted by atomic mass is 9.93. The fraction of sp³-hybridized carbons (Fsp3) is 0.500. The van der Waals surface area contributed by atoms with E-state index in [-0.39, 0.29) is 23.3 Å². The number of unbranched alkanes of at least 4 members (excludes halogenated alkanes) is 1. The van der Waals surface area contributed by atoms with Gasteiger partial charge in [-0.15, -0.1) is 23.7 Å². The van der Waals surface area contributed by atoms with E-state index >= 15 is 0 Å². The smallest absolute Gasteiger partial charge is 0.240 e. The van der Waals surface area contributed by atoms with E-state index in [1.807, 2.05) is 0 Å². The lowest BCUT2D eigenvalue weighted by Gasteiger charge is -2.31. The summed E-state index contributed by atoms with van der Waals surface area (Å²) in [7, 11) is -7.07. The molecular weight excluding hydrogens is 478 g/mol. The Morgan fingerprint density at radius 3 is 2.45 bits per heavy atom. The van der Waals surface area contributed by atoms with Crippen LogP contribution in [0.25, 0.3) is 0 Å². The molecule has 0 saturated heterocycles. The fourth-order valence-electron chi connectivity index (χ4n) is 3.69. The van der Waals surface area contributed by atoms with Gasteiger partial charge in [0.05, 0.1) is 11.2 Å². The van der Waals surface area contributed by atoms with Gasteiger partial charge in [-0.05, 0) is 60.5 Å². The molecule has 31 heavy (non-hydrogen) atoms. The van der Waals surface area contributed by atoms with Crippen LogP contribution < -0.4 is 14.8 Å². The first kappa shape index (κ1) is 26.1. The number of hydrogen-bond donors (Lipinski definition) is 3. The van der Waals surface area contributed by atoms with Crippen molar-refractivity contribution < 1.29 is 16.8 Å². The average molecular weight is 508 g/mol. The molecule has 0 saturated carbocycles. The Hall–Kier alpha value is -1.17. The molecule has 1 aliphatic heterocycles. The van der Waals surface area contributed by atoms with E-state index in [4.69, 9.17) is 0 Å². The summed E-state index contributed by atoms with van der Waals surface area (Å²) in [6, 6.07) is 8.44. The zero-order valence-electron chi connectivity index (χ0n) is 17.6. The van der Waals surface area contributed by atoms with Gasteiger partial charge in [0.25, 0.3) is 0 Å². The van der Waals surface area contributed by atoms with Crippen molar-refractivity contribution in [3.63, 3.8) is 0 Å². The quantitative estimate of drug-likeness (QED) is 0.455. The van der Waals surface area contributed by atoms with Crippen LogP contribution >= 0.6 is 23.7 Å². The predicted molar refractivity (Wildman–Crippen MR) is 129 cm³/mol. The number of halogens is 1. The molecule has 1 aromatic heterocycles. The first-order chi connectivity index (χ1) is 14.2. The van der Waals surface area contributed by atoms with Crippen molar-refractivity contribution in [1.82, 2.24) is 10.0 Å². The third-order valence-electron chi connectivity index (χ3n) is 5.10. The largest absolute Gasteiger partial charge is 0.306 e. The van der Waals surface area contributed by atoms with Crippen LogP contribution in [0.5, 0.6) is 0 Å². The van der Waals surface area contributed by atoms with Gasteiger partial charge in [-0.1, -0.05) is 19.8 Å². The number of fused-ring (bicyclic) bond motifs is 1. The summed E-state index contributed by atoms with van der Waals surface area (Å²) in [4.78, 5) is 1.41. The Balaban J connectivity index is 0.00000341. The number of sulfonamides is 2. The Bertz CT molecular complexity index is 1050. The normalized spacial score (nSPS) is 18.8. The molecule has 0 amide bonds. The Morgan fingerprint density at radius 2 is 1.81 bits per heavy atom. The first-order valence-corrected chi connectivity index (χ1v) is 14.3. The topological polar surface area (TPSA) is 104 Å². The minimum atomic E-state index is -3.66. The lowest BCUT2D eigenvalue weighted by molar-refractivity contribution is 0.368. The summed E-state index contributed by atoms with van der Waals surface area (Å²) in [5, 5.41) is 5.81. The molecule has 11 heteroatoms. The minimum absolute atomic E-state index is 0. The average Bonchev–Trinajstić information content (AvgIpc) is 3.14. The van der Waals surface area contributed by atoms with Crippen molar-refractivity contribution >= 4 is 49.5 Å². The SMILES string of the molecule is CCCCC1Cc2ccsc2C(CCNS(=O)(=O)c2ccc(NS(C)(=O)=O)cc2)N1.Cl. The van der Waals surface area contributed by atoms with Crippen LogP contribution in [0, 0.1) is 0 Å². The highest BCUT2D eigenvalue weighted by molar-refractivity contribution is 7.92. The highest BCUT2D eigenvalue weighted by Crippen LogP contribution is 2.33. The zero-order chi connectivity index (χ0) is 21.8. The molecule has 1 aliphatic rings. The van der Waals surface area contributed by atoms with E-state index in [1.54, 1.807) is 11.3 Å². The van der Waals surface area contributed by atoms with Crippen LogP contribution in [-0.4, -0.2) is 35.7 Å². The van der Waals surface area contributed by atoms with E-state index in [0.29, 0.717) is 24.7 Å². The second kappa shape index (κ2) is 11.1. The molecule has 3 rings (SSSR count). The van der Waals surface area contributed by atoms with Gasteiger partial charge in [0.15, 0.2) is 0 Å². The van der Waals surface area contributed by atoms with E-state index < -0.39 is 20.0 Å². The highest BCUT2D eigenvalue weighted by Gasteiger charge is 2.27. The Morgan fingerprint density at radius 1 is 1.10 bits per heavy atom. The summed E-state index contributed by atoms with van der Waals surface area (Å²) in [6.07, 6.45) is 6.22. The van der Waals surface area contributed by atoms with E-state index in [0.717, 1.165) is 25.5 Å². The number of rotatable bonds is 10. The fourth-order valence-corrected chi connectivity index (χ4v) is 6.34. The first-order valence-electron chi connectivity index (χ1n) is 10.1. The van der Waals surface area contributed by atoms with Crippen molar-refractivity contribution in [3.8, 4) is 0 Å². The number of nitrogens with one attached hydrogen (secondary N) is 3. The molecule has 0 spiro atoms. The maximum atomic E-state index is 12.6. The third-order valence-corrected chi connectivity index (χ3v) is 8.26. The van der Waals surface area contributed by atoms with E-state index in [9.17, 15) is 16.8 Å². The van der Waals surface area contributed by atoms with Crippen LogP contribution in [0.2, 0.25) is 0 Å². The second-order valence-electron chi connectivity index (χ2n) is 7.66. The van der Waals surface area contributed by atoms with Crippen molar-refractivity contribution in [1.29, 1.82) is 0 Å². The van der Waals surface area contributed by atoms with Crippen LogP contribution in [-0.2, 0) is 26.5 Å². The van der Waals surface area contributed by atoms with Crippen molar-refractivity contribution in [2.45, 2.75) is 56.0 Å². The molecule has 174 valence electrons. The Kier molecular flexibility index (Phi) is 9.35. The molecular formula is C20H30ClN3O4S3. The van der Waals surface area contributed by atoms with E-state index in [2.05, 4.69) is 33.1 Å². The third kappa shape index (κ3) is 7.44. The maximum Gasteiger partial charge on any atom is 0.240 e. The molecule has 2 unspecified atom stereocenters. The van der Waals surface area contributed by atoms with Crippen LogP contribution in [0.1, 0.15) is 49.1 Å². The minimum Gasteiger partial charge on any atom is -0.306 e. The lowest BCUT2D eigenvalue weighted by Crippen LogP contribution is -2.40. The van der Waals surface area contributed by atoms with Gasteiger partial charge >= 0.3 is 0 Å². The summed E-state index contributed by atoms with van der Waals surface area (Å²) in [6.45, 7) is 2.51. The molecule has 0 radical (unpaired) electrons. The number of thiophene rings is 1. The van der Waals surface area contributed by atoms with Crippen LogP contribution in [0.15, 0.2) is 40.6 Å². The second-order valence-corrected chi connectivity index (χ2v) is 12.1. The molecule has 0 fully saturated rings. The van der Waals surface area contributed by atoms with Crippen molar-refractivity contribution in [2.24, 2.45) is 0 Å². The van der Waals surface area contributed by atoms with Gasteiger partial charge in [0.1, 0.15) is 0 Å². The molecule has 2 heterocycles. The molecule has 0 aliphatic carbocycles. The van der Waals surface area contributed by atoms with Crippen LogP contribution in [0.3, 0.4) is 0 Å². The van der Waals surface area contributed by atoms with Gasteiger partial charge in [0.2, 0.25) is 20.0 Å². The zero-order valence-corrected chi connectivity index (χ0v) is 20.9. The monoisotopic (exact) mass is 507 g/mol. The molecule has 7 nitrogen and oxygen atoms in total. The molecule has 2 aromatic rings. The van der Waals surface area contributed by atoms with Gasteiger partial charge < -0.3 is 5.32 Å². The maximum absolute atomic E-state index is 12.6. The Labute approximate surface area is 195 Å². The molecule has 3 N–H and O–H groups in total. The number of anilines is 1. The predicted octanol–water partition coefficient (Wildman–Crippen LogP) is 3.66. The van der Waals surface area contributed by atoms with Gasteiger partial charge in [-0.25, -0.2) is 21.6 Å². The van der Waals surface area contributed by atoms with Gasteiger partial charge in [0, 0.05) is 29.2 Å². The van der Waals surface area contributed by atoms with Crippen molar-refractivity contribution in [2.75, 3.05) is 17.5 Å². The number of benzene rings is 1. The summed E-state index contributed by atoms with van der Waals surface area (Å²) < 4.78 is 52.8. The van der Waals surface area contributed by atoms with Gasteiger partial charge in [-0.2, -0.15) is 0 Å². The highest BCUT2D eigenvalue weighted by atomic mass is 35.5. The van der Waals surface area contributed by atoms with E-state index in [1.165, 1.54) is 41.1 Å². The molecule has 1 aromatic carbocycles. The standard InChI is InChI=1S/C20H29N3O4S3.ClH/c1-3-4-5-17-14-15-11-13-28-20(15)19(22-17)10-12-21-30(26,27)18-8-6-16(7-9-18)23-29(2,24)25;/h6-9,11,13,17,19,21-23H,3-5,10,12,14H2,1-2H3;1H. The molecule has 2 atom stereocenters. The summed E-state index contributed by atoms with van der Waals surface area (Å²) >= 11 is 1.72. The number of hydrogen-bond acceptors (Lipinski definition) is 6. The van der Waals surface area contributed by atoms with Gasteiger partial charge in [-0.3, -0.25) is 4.72 Å².